The summed E-state index contributed by atoms with van der Waals surface area (Å²) in [6.07, 6.45) is 5.51. The van der Waals surface area contributed by atoms with Gasteiger partial charge in [0.2, 0.25) is 5.91 Å². The van der Waals surface area contributed by atoms with Crippen molar-refractivity contribution in [2.75, 3.05) is 18.4 Å². The fourth-order valence-corrected chi connectivity index (χ4v) is 3.73. The zero-order valence-corrected chi connectivity index (χ0v) is 18.0. The number of hydrogen-bond acceptors (Lipinski definition) is 4. The molecule has 7 heteroatoms. The third kappa shape index (κ3) is 5.97. The van der Waals surface area contributed by atoms with E-state index in [1.165, 1.54) is 0 Å². The maximum atomic E-state index is 12.2. The molecule has 0 aliphatic carbocycles. The first-order chi connectivity index (χ1) is 15.7. The van der Waals surface area contributed by atoms with E-state index in [0.29, 0.717) is 31.7 Å². The van der Waals surface area contributed by atoms with E-state index in [9.17, 15) is 9.59 Å². The van der Waals surface area contributed by atoms with Gasteiger partial charge in [0.25, 0.3) is 0 Å². The van der Waals surface area contributed by atoms with Crippen LogP contribution in [0, 0.1) is 0 Å². The fraction of sp³-hybridized carbons (Fsp3) is 0.320. The average molecular weight is 433 g/mol. The van der Waals surface area contributed by atoms with Crippen LogP contribution >= 0.6 is 0 Å². The number of nitrogens with one attached hydrogen (secondary N) is 2. The largest absolute Gasteiger partial charge is 0.441 e. The molecule has 7 nitrogen and oxygen atoms in total. The highest BCUT2D eigenvalue weighted by atomic mass is 16.4. The van der Waals surface area contributed by atoms with Gasteiger partial charge in [0.1, 0.15) is 0 Å². The summed E-state index contributed by atoms with van der Waals surface area (Å²) in [5, 5.41) is 5.87. The zero-order valence-electron chi connectivity index (χ0n) is 18.0. The molecule has 1 aliphatic heterocycles. The van der Waals surface area contributed by atoms with Crippen LogP contribution in [-0.4, -0.2) is 34.9 Å². The number of rotatable bonds is 8. The van der Waals surface area contributed by atoms with E-state index in [0.717, 1.165) is 48.5 Å². The number of benzene rings is 2. The van der Waals surface area contributed by atoms with E-state index in [4.69, 9.17) is 4.42 Å². The Morgan fingerprint density at radius 3 is 2.66 bits per heavy atom. The lowest BCUT2D eigenvalue weighted by molar-refractivity contribution is -0.121. The van der Waals surface area contributed by atoms with Crippen molar-refractivity contribution < 1.29 is 14.0 Å². The second-order valence-corrected chi connectivity index (χ2v) is 7.94. The van der Waals surface area contributed by atoms with Crippen molar-refractivity contribution in [2.45, 2.75) is 38.6 Å². The Labute approximate surface area is 187 Å². The molecule has 32 heavy (non-hydrogen) atoms. The van der Waals surface area contributed by atoms with Gasteiger partial charge in [-0.3, -0.25) is 4.79 Å². The molecule has 0 radical (unpaired) electrons. The normalized spacial score (nSPS) is 13.2. The fourth-order valence-electron chi connectivity index (χ4n) is 3.73. The Hall–Kier alpha value is -3.61. The van der Waals surface area contributed by atoms with Crippen molar-refractivity contribution in [3.8, 4) is 11.3 Å². The molecule has 0 unspecified atom stereocenters. The number of oxazole rings is 1. The first-order valence-corrected chi connectivity index (χ1v) is 11.1. The van der Waals surface area contributed by atoms with E-state index in [1.54, 1.807) is 6.20 Å². The Balaban J connectivity index is 1.19. The summed E-state index contributed by atoms with van der Waals surface area (Å²) in [6, 6.07) is 17.3. The highest BCUT2D eigenvalue weighted by Crippen LogP contribution is 2.20. The summed E-state index contributed by atoms with van der Waals surface area (Å²) in [5.74, 6) is 1.35. The number of carbonyl (C=O) groups is 2. The van der Waals surface area contributed by atoms with Crippen LogP contribution in [0.3, 0.4) is 0 Å². The van der Waals surface area contributed by atoms with Crippen molar-refractivity contribution in [3.63, 3.8) is 0 Å². The molecule has 3 aromatic rings. The third-order valence-corrected chi connectivity index (χ3v) is 5.47. The summed E-state index contributed by atoms with van der Waals surface area (Å²) in [7, 11) is 0. The lowest BCUT2D eigenvalue weighted by Gasteiger charge is -2.16. The second-order valence-electron chi connectivity index (χ2n) is 7.94. The van der Waals surface area contributed by atoms with Gasteiger partial charge < -0.3 is 20.0 Å². The minimum absolute atomic E-state index is 0.0219. The van der Waals surface area contributed by atoms with Crippen LogP contribution in [0.15, 0.2) is 65.2 Å². The van der Waals surface area contributed by atoms with E-state index >= 15 is 0 Å². The zero-order chi connectivity index (χ0) is 22.2. The number of carbonyl (C=O) groups excluding carboxylic acids is 2. The highest BCUT2D eigenvalue weighted by molar-refractivity contribution is 5.89. The molecule has 1 aliphatic rings. The van der Waals surface area contributed by atoms with Gasteiger partial charge in [-0.2, -0.15) is 0 Å². The number of likely N-dealkylation sites (tertiary alicyclic amines) is 1. The standard InChI is InChI=1S/C25H28N4O3/c30-23(12-7-13-24-27-18-22(32-24)20-9-2-1-3-10-20)26-17-19-8-6-11-21(16-19)28-25(31)29-14-4-5-15-29/h1-3,6,8-11,16,18H,4-5,7,12-15,17H2,(H,26,30)(H,28,31). The van der Waals surface area contributed by atoms with Crippen LogP contribution in [0.25, 0.3) is 11.3 Å². The van der Waals surface area contributed by atoms with Crippen molar-refractivity contribution in [1.82, 2.24) is 15.2 Å². The number of anilines is 1. The van der Waals surface area contributed by atoms with Gasteiger partial charge in [-0.25, -0.2) is 9.78 Å². The molecular formula is C25H28N4O3. The molecule has 2 aromatic carbocycles. The molecule has 166 valence electrons. The van der Waals surface area contributed by atoms with Crippen LogP contribution in [0.5, 0.6) is 0 Å². The number of hydrogen-bond donors (Lipinski definition) is 2. The molecule has 1 saturated heterocycles. The lowest BCUT2D eigenvalue weighted by Crippen LogP contribution is -2.32. The minimum Gasteiger partial charge on any atom is -0.441 e. The quantitative estimate of drug-likeness (QED) is 0.544. The van der Waals surface area contributed by atoms with Gasteiger partial charge in [0.15, 0.2) is 11.7 Å². The van der Waals surface area contributed by atoms with Gasteiger partial charge in [-0.05, 0) is 37.0 Å². The Morgan fingerprint density at radius 2 is 1.84 bits per heavy atom. The predicted molar refractivity (Wildman–Crippen MR) is 123 cm³/mol. The first kappa shape index (κ1) is 21.6. The smallest absolute Gasteiger partial charge is 0.321 e. The van der Waals surface area contributed by atoms with Gasteiger partial charge in [-0.15, -0.1) is 0 Å². The Kier molecular flexibility index (Phi) is 7.17. The van der Waals surface area contributed by atoms with Crippen LogP contribution in [0.2, 0.25) is 0 Å². The van der Waals surface area contributed by atoms with Gasteiger partial charge >= 0.3 is 6.03 Å². The molecule has 0 spiro atoms. The molecule has 3 amide bonds. The number of aromatic nitrogens is 1. The summed E-state index contributed by atoms with van der Waals surface area (Å²) in [6.45, 7) is 2.04. The summed E-state index contributed by atoms with van der Waals surface area (Å²) < 4.78 is 5.78. The maximum absolute atomic E-state index is 12.2. The predicted octanol–water partition coefficient (Wildman–Crippen LogP) is 4.61. The highest BCUT2D eigenvalue weighted by Gasteiger charge is 2.17. The molecule has 0 bridgehead atoms. The lowest BCUT2D eigenvalue weighted by atomic mass is 10.2. The topological polar surface area (TPSA) is 87.5 Å². The average Bonchev–Trinajstić information content (AvgIpc) is 3.51. The first-order valence-electron chi connectivity index (χ1n) is 11.1. The number of aryl methyl sites for hydroxylation is 1. The number of nitrogens with zero attached hydrogens (tertiary/aromatic N) is 2. The third-order valence-electron chi connectivity index (χ3n) is 5.47. The molecule has 0 saturated carbocycles. The van der Waals surface area contributed by atoms with Crippen molar-refractivity contribution in [1.29, 1.82) is 0 Å². The van der Waals surface area contributed by atoms with Crippen molar-refractivity contribution in [2.24, 2.45) is 0 Å². The van der Waals surface area contributed by atoms with E-state index in [-0.39, 0.29) is 11.9 Å². The molecule has 2 heterocycles. The Morgan fingerprint density at radius 1 is 1.03 bits per heavy atom. The van der Waals surface area contributed by atoms with Crippen LogP contribution in [0.4, 0.5) is 10.5 Å². The minimum atomic E-state index is -0.0642. The summed E-state index contributed by atoms with van der Waals surface area (Å²) >= 11 is 0. The number of amides is 3. The van der Waals surface area contributed by atoms with E-state index in [1.807, 2.05) is 59.5 Å². The molecule has 1 aromatic heterocycles. The molecule has 2 N–H and O–H groups in total. The number of urea groups is 1. The second kappa shape index (κ2) is 10.6. The van der Waals surface area contributed by atoms with Crippen LogP contribution in [-0.2, 0) is 17.8 Å². The van der Waals surface area contributed by atoms with Gasteiger partial charge in [0, 0.05) is 43.7 Å². The van der Waals surface area contributed by atoms with E-state index < -0.39 is 0 Å². The summed E-state index contributed by atoms with van der Waals surface area (Å²) in [4.78, 5) is 30.6. The van der Waals surface area contributed by atoms with Gasteiger partial charge in [0.05, 0.1) is 6.20 Å². The summed E-state index contributed by atoms with van der Waals surface area (Å²) in [5.41, 5.74) is 2.67. The van der Waals surface area contributed by atoms with Crippen LogP contribution < -0.4 is 10.6 Å². The van der Waals surface area contributed by atoms with Crippen molar-refractivity contribution >= 4 is 17.6 Å². The van der Waals surface area contributed by atoms with Crippen molar-refractivity contribution in [3.05, 3.63) is 72.2 Å². The maximum Gasteiger partial charge on any atom is 0.321 e. The van der Waals surface area contributed by atoms with E-state index in [2.05, 4.69) is 15.6 Å². The van der Waals surface area contributed by atoms with Crippen LogP contribution in [0.1, 0.15) is 37.1 Å². The Bertz CT molecular complexity index is 1040. The van der Waals surface area contributed by atoms with Gasteiger partial charge in [-0.1, -0.05) is 42.5 Å². The SMILES string of the molecule is O=C(CCCc1ncc(-c2ccccc2)o1)NCc1cccc(NC(=O)N2CCCC2)c1. The molecule has 1 fully saturated rings. The molecule has 0 atom stereocenters. The molecular weight excluding hydrogens is 404 g/mol. The molecule has 4 rings (SSSR count). The monoisotopic (exact) mass is 432 g/mol.